The molecule has 1 saturated heterocycles. The predicted molar refractivity (Wildman–Crippen MR) is 97.5 cm³/mol. The zero-order chi connectivity index (χ0) is 18.8. The van der Waals surface area contributed by atoms with Crippen LogP contribution in [-0.4, -0.2) is 44.8 Å². The molecule has 1 fully saturated rings. The second-order valence-electron chi connectivity index (χ2n) is 6.66. The van der Waals surface area contributed by atoms with Gasteiger partial charge in [-0.3, -0.25) is 9.36 Å². The number of para-hydroxylation sites is 2. The number of carbonyl (C=O) groups is 1. The van der Waals surface area contributed by atoms with Crippen LogP contribution in [0.4, 0.5) is 0 Å². The van der Waals surface area contributed by atoms with Crippen LogP contribution in [0.1, 0.15) is 18.5 Å². The summed E-state index contributed by atoms with van der Waals surface area (Å²) < 4.78 is 12.4. The van der Waals surface area contributed by atoms with E-state index in [0.29, 0.717) is 30.1 Å². The SMILES string of the molecule is Cc1ccc(OC2CCCN(C(=O)Cn3c(=O)oc4ccccc43)C2)nn1. The molecule has 0 saturated carbocycles. The minimum absolute atomic E-state index is 0.0487. The quantitative estimate of drug-likeness (QED) is 0.697. The maximum absolute atomic E-state index is 12.7. The Morgan fingerprint density at radius 2 is 2.11 bits per heavy atom. The number of piperidine rings is 1. The van der Waals surface area contributed by atoms with E-state index in [9.17, 15) is 9.59 Å². The Hall–Kier alpha value is -3.16. The molecule has 27 heavy (non-hydrogen) atoms. The number of rotatable bonds is 4. The molecule has 0 radical (unpaired) electrons. The number of fused-ring (bicyclic) bond motifs is 1. The van der Waals surface area contributed by atoms with Gasteiger partial charge in [-0.05, 0) is 38.0 Å². The van der Waals surface area contributed by atoms with Crippen LogP contribution in [0.2, 0.25) is 0 Å². The summed E-state index contributed by atoms with van der Waals surface area (Å²) in [6.45, 7) is 2.91. The van der Waals surface area contributed by atoms with E-state index in [0.717, 1.165) is 18.5 Å². The van der Waals surface area contributed by atoms with Gasteiger partial charge < -0.3 is 14.1 Å². The molecule has 8 nitrogen and oxygen atoms in total. The van der Waals surface area contributed by atoms with E-state index in [1.54, 1.807) is 29.2 Å². The van der Waals surface area contributed by atoms with E-state index >= 15 is 0 Å². The highest BCUT2D eigenvalue weighted by molar-refractivity contribution is 5.79. The highest BCUT2D eigenvalue weighted by atomic mass is 16.5. The summed E-state index contributed by atoms with van der Waals surface area (Å²) in [7, 11) is 0. The number of oxazole rings is 1. The first-order valence-electron chi connectivity index (χ1n) is 8.93. The fourth-order valence-corrected chi connectivity index (χ4v) is 3.28. The van der Waals surface area contributed by atoms with Gasteiger partial charge in [-0.25, -0.2) is 4.79 Å². The molecule has 2 aromatic heterocycles. The lowest BCUT2D eigenvalue weighted by molar-refractivity contribution is -0.134. The van der Waals surface area contributed by atoms with Gasteiger partial charge in [0, 0.05) is 12.6 Å². The zero-order valence-corrected chi connectivity index (χ0v) is 15.0. The molecule has 0 spiro atoms. The van der Waals surface area contributed by atoms with Gasteiger partial charge in [0.1, 0.15) is 12.6 Å². The van der Waals surface area contributed by atoms with Gasteiger partial charge in [0.05, 0.1) is 17.8 Å². The Bertz CT molecular complexity index is 1010. The number of benzene rings is 1. The van der Waals surface area contributed by atoms with E-state index in [2.05, 4.69) is 10.2 Å². The summed E-state index contributed by atoms with van der Waals surface area (Å²) in [6, 6.07) is 10.7. The topological polar surface area (TPSA) is 90.5 Å². The summed E-state index contributed by atoms with van der Waals surface area (Å²) in [5, 5.41) is 8.00. The van der Waals surface area contributed by atoms with Gasteiger partial charge in [0.15, 0.2) is 5.58 Å². The van der Waals surface area contributed by atoms with Crippen molar-refractivity contribution >= 4 is 17.0 Å². The highest BCUT2D eigenvalue weighted by Gasteiger charge is 2.26. The lowest BCUT2D eigenvalue weighted by Crippen LogP contribution is -2.46. The molecular weight excluding hydrogens is 348 g/mol. The van der Waals surface area contributed by atoms with E-state index < -0.39 is 5.76 Å². The third-order valence-electron chi connectivity index (χ3n) is 4.66. The second-order valence-corrected chi connectivity index (χ2v) is 6.66. The Labute approximate surface area is 155 Å². The second kappa shape index (κ2) is 7.22. The van der Waals surface area contributed by atoms with Crippen molar-refractivity contribution in [2.24, 2.45) is 0 Å². The molecule has 0 aliphatic carbocycles. The van der Waals surface area contributed by atoms with Crippen LogP contribution in [0.15, 0.2) is 45.6 Å². The first-order chi connectivity index (χ1) is 13.1. The average Bonchev–Trinajstić information content (AvgIpc) is 2.99. The predicted octanol–water partition coefficient (Wildman–Crippen LogP) is 1.76. The number of carbonyl (C=O) groups excluding carboxylic acids is 1. The van der Waals surface area contributed by atoms with Gasteiger partial charge in [0.25, 0.3) is 0 Å². The van der Waals surface area contributed by atoms with Crippen LogP contribution in [-0.2, 0) is 11.3 Å². The average molecular weight is 368 g/mol. The van der Waals surface area contributed by atoms with Crippen LogP contribution in [0, 0.1) is 6.92 Å². The van der Waals surface area contributed by atoms with Crippen molar-refractivity contribution in [1.82, 2.24) is 19.7 Å². The number of amides is 1. The molecule has 1 amide bonds. The molecule has 1 aliphatic rings. The number of ether oxygens (including phenoxy) is 1. The molecule has 8 heteroatoms. The fraction of sp³-hybridized carbons (Fsp3) is 0.368. The van der Waals surface area contributed by atoms with Crippen molar-refractivity contribution in [1.29, 1.82) is 0 Å². The van der Waals surface area contributed by atoms with Crippen LogP contribution >= 0.6 is 0 Å². The molecule has 140 valence electrons. The molecule has 3 aromatic rings. The first-order valence-corrected chi connectivity index (χ1v) is 8.93. The van der Waals surface area contributed by atoms with Gasteiger partial charge >= 0.3 is 5.76 Å². The zero-order valence-electron chi connectivity index (χ0n) is 15.0. The maximum atomic E-state index is 12.7. The molecule has 4 rings (SSSR count). The van der Waals surface area contributed by atoms with E-state index in [1.807, 2.05) is 19.1 Å². The van der Waals surface area contributed by atoms with Gasteiger partial charge in [-0.2, -0.15) is 5.10 Å². The van der Waals surface area contributed by atoms with Crippen LogP contribution in [0.25, 0.3) is 11.1 Å². The highest BCUT2D eigenvalue weighted by Crippen LogP contribution is 2.18. The third kappa shape index (κ3) is 3.69. The number of hydrogen-bond donors (Lipinski definition) is 0. The molecule has 1 aliphatic heterocycles. The molecule has 1 atom stereocenters. The van der Waals surface area contributed by atoms with E-state index in [1.165, 1.54) is 4.57 Å². The maximum Gasteiger partial charge on any atom is 0.420 e. The molecule has 1 unspecified atom stereocenters. The monoisotopic (exact) mass is 368 g/mol. The first kappa shape index (κ1) is 17.3. The Morgan fingerprint density at radius 1 is 1.26 bits per heavy atom. The van der Waals surface area contributed by atoms with E-state index in [-0.39, 0.29) is 18.6 Å². The molecule has 0 N–H and O–H groups in total. The lowest BCUT2D eigenvalue weighted by Gasteiger charge is -2.32. The Morgan fingerprint density at radius 3 is 2.93 bits per heavy atom. The van der Waals surface area contributed by atoms with Crippen molar-refractivity contribution in [2.45, 2.75) is 32.4 Å². The van der Waals surface area contributed by atoms with Crippen LogP contribution < -0.4 is 10.5 Å². The van der Waals surface area contributed by atoms with Gasteiger partial charge in [0.2, 0.25) is 11.8 Å². The Balaban J connectivity index is 1.44. The fourth-order valence-electron chi connectivity index (χ4n) is 3.28. The van der Waals surface area contributed by atoms with Crippen molar-refractivity contribution in [3.05, 3.63) is 52.6 Å². The van der Waals surface area contributed by atoms with Crippen molar-refractivity contribution < 1.29 is 13.9 Å². The van der Waals surface area contributed by atoms with Gasteiger partial charge in [-0.15, -0.1) is 5.10 Å². The smallest absolute Gasteiger partial charge is 0.420 e. The van der Waals surface area contributed by atoms with Gasteiger partial charge in [-0.1, -0.05) is 12.1 Å². The molecular formula is C19H20N4O4. The number of aromatic nitrogens is 3. The van der Waals surface area contributed by atoms with Crippen molar-refractivity contribution in [3.63, 3.8) is 0 Å². The summed E-state index contributed by atoms with van der Waals surface area (Å²) in [6.07, 6.45) is 1.53. The Kier molecular flexibility index (Phi) is 4.62. The normalized spacial score (nSPS) is 17.2. The summed E-state index contributed by atoms with van der Waals surface area (Å²) in [5.41, 5.74) is 1.92. The summed E-state index contributed by atoms with van der Waals surface area (Å²) >= 11 is 0. The van der Waals surface area contributed by atoms with Crippen molar-refractivity contribution in [2.75, 3.05) is 13.1 Å². The van der Waals surface area contributed by atoms with E-state index in [4.69, 9.17) is 9.15 Å². The van der Waals surface area contributed by atoms with Crippen LogP contribution in [0.3, 0.4) is 0 Å². The number of aryl methyl sites for hydroxylation is 1. The largest absolute Gasteiger partial charge is 0.471 e. The molecule has 1 aromatic carbocycles. The summed E-state index contributed by atoms with van der Waals surface area (Å²) in [4.78, 5) is 26.5. The molecule has 0 bridgehead atoms. The number of likely N-dealkylation sites (tertiary alicyclic amines) is 1. The number of nitrogens with zero attached hydrogens (tertiary/aromatic N) is 4. The third-order valence-corrected chi connectivity index (χ3v) is 4.66. The van der Waals surface area contributed by atoms with Crippen molar-refractivity contribution in [3.8, 4) is 5.88 Å². The van der Waals surface area contributed by atoms with Crippen LogP contribution in [0.5, 0.6) is 5.88 Å². The minimum atomic E-state index is -0.524. The summed E-state index contributed by atoms with van der Waals surface area (Å²) in [5.74, 6) is -0.201. The minimum Gasteiger partial charge on any atom is -0.471 e. The standard InChI is InChI=1S/C19H20N4O4/c1-13-8-9-17(21-20-13)26-14-5-4-10-22(11-14)18(24)12-23-15-6-2-3-7-16(15)27-19(23)25/h2-3,6-9,14H,4-5,10-12H2,1H3. The number of hydrogen-bond acceptors (Lipinski definition) is 6. The lowest BCUT2D eigenvalue weighted by atomic mass is 10.1. The molecule has 3 heterocycles.